The van der Waals surface area contributed by atoms with Crippen LogP contribution in [0.15, 0.2) is 30.3 Å². The van der Waals surface area contributed by atoms with Gasteiger partial charge in [0.2, 0.25) is 0 Å². The predicted octanol–water partition coefficient (Wildman–Crippen LogP) is 2.58. The Hall–Kier alpha value is -0.860. The van der Waals surface area contributed by atoms with Crippen molar-refractivity contribution in [1.82, 2.24) is 5.32 Å². The third-order valence-electron chi connectivity index (χ3n) is 4.06. The summed E-state index contributed by atoms with van der Waals surface area (Å²) >= 11 is 0. The van der Waals surface area contributed by atoms with Gasteiger partial charge < -0.3 is 11.1 Å². The largest absolute Gasteiger partial charge is 0.329 e. The van der Waals surface area contributed by atoms with Crippen LogP contribution in [0.1, 0.15) is 31.7 Å². The van der Waals surface area contributed by atoms with Crippen LogP contribution in [0.25, 0.3) is 0 Å². The first-order chi connectivity index (χ1) is 8.79. The number of nitrogens with two attached hydrogens (primary N) is 1. The third-order valence-corrected chi connectivity index (χ3v) is 4.06. The Bertz CT molecular complexity index is 332. The summed E-state index contributed by atoms with van der Waals surface area (Å²) < 4.78 is 0. The molecule has 3 N–H and O–H groups in total. The van der Waals surface area contributed by atoms with E-state index in [9.17, 15) is 0 Å². The zero-order valence-corrected chi connectivity index (χ0v) is 11.4. The minimum absolute atomic E-state index is 0.464. The lowest BCUT2D eigenvalue weighted by Crippen LogP contribution is -2.39. The van der Waals surface area contributed by atoms with Crippen LogP contribution in [0.3, 0.4) is 0 Å². The molecule has 2 rings (SSSR count). The smallest absolute Gasteiger partial charge is 0.0193 e. The van der Waals surface area contributed by atoms with Crippen LogP contribution in [-0.4, -0.2) is 19.1 Å². The highest BCUT2D eigenvalue weighted by Gasteiger charge is 2.27. The molecule has 1 aliphatic rings. The average Bonchev–Trinajstić information content (AvgIpc) is 3.24. The number of nitrogens with one attached hydrogen (secondary N) is 1. The SMILES string of the molecule is CC(CNC(CN)CCc1ccccc1)C1CC1. The Morgan fingerprint density at radius 1 is 1.28 bits per heavy atom. The molecule has 1 aliphatic carbocycles. The molecule has 0 amide bonds. The maximum absolute atomic E-state index is 5.85. The number of hydrogen-bond donors (Lipinski definition) is 2. The number of benzene rings is 1. The number of aryl methyl sites for hydroxylation is 1. The summed E-state index contributed by atoms with van der Waals surface area (Å²) in [6, 6.07) is 11.1. The first-order valence-corrected chi connectivity index (χ1v) is 7.27. The summed E-state index contributed by atoms with van der Waals surface area (Å²) in [6.07, 6.45) is 5.12. The summed E-state index contributed by atoms with van der Waals surface area (Å²) in [6.45, 7) is 4.22. The molecule has 0 heterocycles. The number of hydrogen-bond acceptors (Lipinski definition) is 2. The van der Waals surface area contributed by atoms with E-state index in [1.807, 2.05) is 0 Å². The van der Waals surface area contributed by atoms with Crippen molar-refractivity contribution in [3.05, 3.63) is 35.9 Å². The summed E-state index contributed by atoms with van der Waals surface area (Å²) in [7, 11) is 0. The molecule has 0 radical (unpaired) electrons. The van der Waals surface area contributed by atoms with Gasteiger partial charge in [-0.1, -0.05) is 37.3 Å². The Morgan fingerprint density at radius 2 is 2.00 bits per heavy atom. The van der Waals surface area contributed by atoms with E-state index in [4.69, 9.17) is 5.73 Å². The second-order valence-corrected chi connectivity index (χ2v) is 5.68. The molecule has 0 aliphatic heterocycles. The molecular formula is C16H26N2. The van der Waals surface area contributed by atoms with Crippen molar-refractivity contribution in [3.8, 4) is 0 Å². The van der Waals surface area contributed by atoms with Crippen molar-refractivity contribution in [1.29, 1.82) is 0 Å². The van der Waals surface area contributed by atoms with Gasteiger partial charge >= 0.3 is 0 Å². The molecule has 2 nitrogen and oxygen atoms in total. The van der Waals surface area contributed by atoms with E-state index in [1.165, 1.54) is 18.4 Å². The monoisotopic (exact) mass is 246 g/mol. The van der Waals surface area contributed by atoms with Crippen LogP contribution < -0.4 is 11.1 Å². The molecular weight excluding hydrogens is 220 g/mol. The van der Waals surface area contributed by atoms with E-state index in [-0.39, 0.29) is 0 Å². The second-order valence-electron chi connectivity index (χ2n) is 5.68. The fraction of sp³-hybridized carbons (Fsp3) is 0.625. The average molecular weight is 246 g/mol. The van der Waals surface area contributed by atoms with E-state index >= 15 is 0 Å². The lowest BCUT2D eigenvalue weighted by Gasteiger charge is -2.19. The van der Waals surface area contributed by atoms with Crippen LogP contribution in [0, 0.1) is 11.8 Å². The molecule has 2 unspecified atom stereocenters. The van der Waals surface area contributed by atoms with Crippen molar-refractivity contribution < 1.29 is 0 Å². The highest BCUT2D eigenvalue weighted by Crippen LogP contribution is 2.36. The second kappa shape index (κ2) is 6.91. The lowest BCUT2D eigenvalue weighted by atomic mass is 10.0. The first kappa shape index (κ1) is 13.6. The van der Waals surface area contributed by atoms with Crippen LogP contribution in [-0.2, 0) is 6.42 Å². The molecule has 0 saturated heterocycles. The third kappa shape index (κ3) is 4.43. The molecule has 2 atom stereocenters. The molecule has 0 spiro atoms. The lowest BCUT2D eigenvalue weighted by molar-refractivity contribution is 0.404. The van der Waals surface area contributed by atoms with Crippen LogP contribution in [0.4, 0.5) is 0 Å². The predicted molar refractivity (Wildman–Crippen MR) is 77.5 cm³/mol. The summed E-state index contributed by atoms with van der Waals surface area (Å²) in [5, 5.41) is 3.64. The fourth-order valence-electron chi connectivity index (χ4n) is 2.47. The molecule has 1 aromatic carbocycles. The van der Waals surface area contributed by atoms with E-state index in [0.29, 0.717) is 6.04 Å². The summed E-state index contributed by atoms with van der Waals surface area (Å²) in [5.41, 5.74) is 7.26. The normalized spacial score (nSPS) is 18.6. The molecule has 1 saturated carbocycles. The minimum Gasteiger partial charge on any atom is -0.329 e. The van der Waals surface area contributed by atoms with Crippen LogP contribution >= 0.6 is 0 Å². The van der Waals surface area contributed by atoms with Gasteiger partial charge in [0.15, 0.2) is 0 Å². The summed E-state index contributed by atoms with van der Waals surface area (Å²) in [5.74, 6) is 1.79. The molecule has 1 fully saturated rings. The van der Waals surface area contributed by atoms with Crippen molar-refractivity contribution >= 4 is 0 Å². The number of rotatable bonds is 8. The Balaban J connectivity index is 1.68. The van der Waals surface area contributed by atoms with Gasteiger partial charge in [-0.2, -0.15) is 0 Å². The van der Waals surface area contributed by atoms with E-state index < -0.39 is 0 Å². The van der Waals surface area contributed by atoms with Gasteiger partial charge in [-0.3, -0.25) is 0 Å². The Labute approximate surface area is 111 Å². The van der Waals surface area contributed by atoms with Gasteiger partial charge in [-0.15, -0.1) is 0 Å². The quantitative estimate of drug-likeness (QED) is 0.740. The maximum atomic E-state index is 5.85. The molecule has 18 heavy (non-hydrogen) atoms. The van der Waals surface area contributed by atoms with Crippen molar-refractivity contribution in [2.75, 3.05) is 13.1 Å². The van der Waals surface area contributed by atoms with Crippen molar-refractivity contribution in [3.63, 3.8) is 0 Å². The van der Waals surface area contributed by atoms with Gasteiger partial charge in [0.1, 0.15) is 0 Å². The molecule has 2 heteroatoms. The van der Waals surface area contributed by atoms with Gasteiger partial charge in [-0.05, 0) is 49.6 Å². The zero-order chi connectivity index (χ0) is 12.8. The Kier molecular flexibility index (Phi) is 5.21. The fourth-order valence-corrected chi connectivity index (χ4v) is 2.47. The van der Waals surface area contributed by atoms with Crippen LogP contribution in [0.5, 0.6) is 0 Å². The van der Waals surface area contributed by atoms with E-state index in [1.54, 1.807) is 0 Å². The topological polar surface area (TPSA) is 38.0 Å². The molecule has 100 valence electrons. The maximum Gasteiger partial charge on any atom is 0.0193 e. The van der Waals surface area contributed by atoms with Crippen molar-refractivity contribution in [2.24, 2.45) is 17.6 Å². The first-order valence-electron chi connectivity index (χ1n) is 7.27. The van der Waals surface area contributed by atoms with E-state index in [2.05, 4.69) is 42.6 Å². The van der Waals surface area contributed by atoms with Crippen LogP contribution in [0.2, 0.25) is 0 Å². The minimum atomic E-state index is 0.464. The van der Waals surface area contributed by atoms with Crippen molar-refractivity contribution in [2.45, 2.75) is 38.6 Å². The molecule has 1 aromatic rings. The Morgan fingerprint density at radius 3 is 2.61 bits per heavy atom. The highest BCUT2D eigenvalue weighted by atomic mass is 14.9. The van der Waals surface area contributed by atoms with Gasteiger partial charge in [0, 0.05) is 12.6 Å². The van der Waals surface area contributed by atoms with Gasteiger partial charge in [-0.25, -0.2) is 0 Å². The standard InChI is InChI=1S/C16H26N2/c1-13(15-8-9-15)12-18-16(11-17)10-7-14-5-3-2-4-6-14/h2-6,13,15-16,18H,7-12,17H2,1H3. The van der Waals surface area contributed by atoms with Gasteiger partial charge in [0.25, 0.3) is 0 Å². The zero-order valence-electron chi connectivity index (χ0n) is 11.4. The highest BCUT2D eigenvalue weighted by molar-refractivity contribution is 5.14. The van der Waals surface area contributed by atoms with E-state index in [0.717, 1.165) is 37.8 Å². The molecule has 0 bridgehead atoms. The van der Waals surface area contributed by atoms with Gasteiger partial charge in [0.05, 0.1) is 0 Å². The summed E-state index contributed by atoms with van der Waals surface area (Å²) in [4.78, 5) is 0. The molecule has 0 aromatic heterocycles.